The number of aromatic nitrogens is 1. The number of pyridine rings is 1. The Labute approximate surface area is 180 Å². The van der Waals surface area contributed by atoms with E-state index < -0.39 is 0 Å². The number of hydrogen-bond donors (Lipinski definition) is 1. The van der Waals surface area contributed by atoms with E-state index in [-0.39, 0.29) is 23.8 Å². The zero-order valence-electron chi connectivity index (χ0n) is 16.9. The van der Waals surface area contributed by atoms with Crippen LogP contribution in [0.15, 0.2) is 49.2 Å². The molecule has 1 N–H and O–H groups in total. The highest BCUT2D eigenvalue weighted by molar-refractivity contribution is 6.31. The second kappa shape index (κ2) is 9.09. The summed E-state index contributed by atoms with van der Waals surface area (Å²) in [5.74, 6) is -0.466. The molecule has 1 aromatic heterocycles. The standard InChI is InChI=1S/C22H23ClN4O3/c1-4-21(29)26-7-8-27(14(2)28)20(13-26)17-9-16(10-18(23)11-17)19-12-15(5-6-25-19)22(30)24-3/h4-6,9-12,20H,1,7-8,13H2,2-3H3,(H,24,30)/t20-/m0/s1. The number of piperazine rings is 1. The molecular weight excluding hydrogens is 404 g/mol. The summed E-state index contributed by atoms with van der Waals surface area (Å²) in [6.07, 6.45) is 2.84. The molecule has 0 spiro atoms. The van der Waals surface area contributed by atoms with Crippen molar-refractivity contribution in [3.05, 3.63) is 65.3 Å². The van der Waals surface area contributed by atoms with E-state index in [4.69, 9.17) is 11.6 Å². The maximum Gasteiger partial charge on any atom is 0.251 e. The molecule has 1 aliphatic heterocycles. The predicted octanol–water partition coefficient (Wildman–Crippen LogP) is 2.68. The first-order chi connectivity index (χ1) is 14.3. The SMILES string of the molecule is C=CC(=O)N1CCN(C(C)=O)[C@H](c2cc(Cl)cc(-c3cc(C(=O)NC)ccn3)c2)C1. The van der Waals surface area contributed by atoms with Crippen LogP contribution >= 0.6 is 11.6 Å². The Bertz CT molecular complexity index is 1010. The van der Waals surface area contributed by atoms with Crippen LogP contribution in [0.3, 0.4) is 0 Å². The minimum Gasteiger partial charge on any atom is -0.355 e. The zero-order valence-corrected chi connectivity index (χ0v) is 17.6. The zero-order chi connectivity index (χ0) is 21.8. The van der Waals surface area contributed by atoms with E-state index >= 15 is 0 Å². The van der Waals surface area contributed by atoms with Crippen molar-refractivity contribution in [2.75, 3.05) is 26.7 Å². The van der Waals surface area contributed by atoms with Crippen LogP contribution in [0.1, 0.15) is 28.9 Å². The van der Waals surface area contributed by atoms with Crippen LogP contribution in [0, 0.1) is 0 Å². The number of rotatable bonds is 4. The van der Waals surface area contributed by atoms with E-state index in [1.165, 1.54) is 13.0 Å². The lowest BCUT2D eigenvalue weighted by atomic mass is 9.98. The van der Waals surface area contributed by atoms with Gasteiger partial charge in [-0.15, -0.1) is 0 Å². The third-order valence-electron chi connectivity index (χ3n) is 5.12. The minimum atomic E-state index is -0.347. The molecule has 1 atom stereocenters. The van der Waals surface area contributed by atoms with Crippen LogP contribution in [-0.4, -0.2) is 59.2 Å². The van der Waals surface area contributed by atoms with Crippen molar-refractivity contribution >= 4 is 29.3 Å². The van der Waals surface area contributed by atoms with Crippen LogP contribution in [0.4, 0.5) is 0 Å². The van der Waals surface area contributed by atoms with Crippen molar-refractivity contribution in [3.63, 3.8) is 0 Å². The molecule has 2 heterocycles. The molecule has 8 heteroatoms. The minimum absolute atomic E-state index is 0.0769. The Morgan fingerprint density at radius 1 is 1.23 bits per heavy atom. The van der Waals surface area contributed by atoms with Gasteiger partial charge >= 0.3 is 0 Å². The Hall–Kier alpha value is -3.19. The predicted molar refractivity (Wildman–Crippen MR) is 115 cm³/mol. The Morgan fingerprint density at radius 3 is 2.67 bits per heavy atom. The van der Waals surface area contributed by atoms with Gasteiger partial charge in [-0.1, -0.05) is 18.2 Å². The second-order valence-electron chi connectivity index (χ2n) is 7.00. The fraction of sp³-hybridized carbons (Fsp3) is 0.273. The average molecular weight is 427 g/mol. The molecule has 1 aliphatic rings. The summed E-state index contributed by atoms with van der Waals surface area (Å²) in [5, 5.41) is 3.07. The molecule has 0 radical (unpaired) electrons. The summed E-state index contributed by atoms with van der Waals surface area (Å²) in [5.41, 5.74) is 2.58. The molecule has 0 bridgehead atoms. The first kappa shape index (κ1) is 21.5. The van der Waals surface area contributed by atoms with Gasteiger partial charge in [0.2, 0.25) is 11.8 Å². The lowest BCUT2D eigenvalue weighted by molar-refractivity contribution is -0.139. The number of benzene rings is 1. The van der Waals surface area contributed by atoms with E-state index in [2.05, 4.69) is 16.9 Å². The van der Waals surface area contributed by atoms with Gasteiger partial charge in [-0.05, 0) is 42.0 Å². The summed E-state index contributed by atoms with van der Waals surface area (Å²) < 4.78 is 0. The van der Waals surface area contributed by atoms with Gasteiger partial charge in [0.25, 0.3) is 5.91 Å². The number of carbonyl (C=O) groups excluding carboxylic acids is 3. The molecule has 1 saturated heterocycles. The highest BCUT2D eigenvalue weighted by atomic mass is 35.5. The van der Waals surface area contributed by atoms with E-state index in [1.807, 2.05) is 6.07 Å². The van der Waals surface area contributed by atoms with Gasteiger partial charge in [0.1, 0.15) is 0 Å². The highest BCUT2D eigenvalue weighted by Gasteiger charge is 2.31. The Morgan fingerprint density at radius 2 is 2.00 bits per heavy atom. The molecule has 0 unspecified atom stereocenters. The average Bonchev–Trinajstić information content (AvgIpc) is 2.77. The third kappa shape index (κ3) is 4.52. The van der Waals surface area contributed by atoms with Gasteiger partial charge in [0.15, 0.2) is 0 Å². The molecule has 30 heavy (non-hydrogen) atoms. The fourth-order valence-electron chi connectivity index (χ4n) is 3.60. The molecule has 3 rings (SSSR count). The first-order valence-corrected chi connectivity index (χ1v) is 9.89. The van der Waals surface area contributed by atoms with Gasteiger partial charge in [-0.25, -0.2) is 0 Å². The van der Waals surface area contributed by atoms with Crippen molar-refractivity contribution in [2.45, 2.75) is 13.0 Å². The Kier molecular flexibility index (Phi) is 6.52. The van der Waals surface area contributed by atoms with Crippen LogP contribution in [0.25, 0.3) is 11.3 Å². The molecular formula is C22H23ClN4O3. The van der Waals surface area contributed by atoms with Gasteiger partial charge < -0.3 is 15.1 Å². The van der Waals surface area contributed by atoms with Crippen molar-refractivity contribution in [2.24, 2.45) is 0 Å². The topological polar surface area (TPSA) is 82.6 Å². The van der Waals surface area contributed by atoms with Gasteiger partial charge in [0, 0.05) is 56.0 Å². The monoisotopic (exact) mass is 426 g/mol. The Balaban J connectivity index is 2.02. The van der Waals surface area contributed by atoms with E-state index in [1.54, 1.807) is 47.3 Å². The summed E-state index contributed by atoms with van der Waals surface area (Å²) in [4.78, 5) is 44.1. The second-order valence-corrected chi connectivity index (χ2v) is 7.44. The van der Waals surface area contributed by atoms with Gasteiger partial charge in [0.05, 0.1) is 11.7 Å². The lowest BCUT2D eigenvalue weighted by Crippen LogP contribution is -2.51. The van der Waals surface area contributed by atoms with Gasteiger partial charge in [-0.3, -0.25) is 19.4 Å². The maximum atomic E-state index is 12.2. The maximum absolute atomic E-state index is 12.2. The van der Waals surface area contributed by atoms with Crippen molar-refractivity contribution in [1.82, 2.24) is 20.1 Å². The number of carbonyl (C=O) groups is 3. The summed E-state index contributed by atoms with van der Waals surface area (Å²) >= 11 is 6.40. The summed E-state index contributed by atoms with van der Waals surface area (Å²) in [7, 11) is 1.57. The molecule has 0 saturated carbocycles. The normalized spacial score (nSPS) is 16.2. The molecule has 0 aliphatic carbocycles. The smallest absolute Gasteiger partial charge is 0.251 e. The van der Waals surface area contributed by atoms with Crippen molar-refractivity contribution < 1.29 is 14.4 Å². The molecule has 156 valence electrons. The first-order valence-electron chi connectivity index (χ1n) is 9.51. The molecule has 1 aromatic carbocycles. The van der Waals surface area contributed by atoms with E-state index in [0.29, 0.717) is 35.9 Å². The number of nitrogens with zero attached hydrogens (tertiary/aromatic N) is 3. The summed E-state index contributed by atoms with van der Waals surface area (Å²) in [6, 6.07) is 8.41. The van der Waals surface area contributed by atoms with Crippen LogP contribution in [0.5, 0.6) is 0 Å². The van der Waals surface area contributed by atoms with E-state index in [9.17, 15) is 14.4 Å². The largest absolute Gasteiger partial charge is 0.355 e. The number of hydrogen-bond acceptors (Lipinski definition) is 4. The third-order valence-corrected chi connectivity index (χ3v) is 5.34. The fourth-order valence-corrected chi connectivity index (χ4v) is 3.84. The quantitative estimate of drug-likeness (QED) is 0.762. The van der Waals surface area contributed by atoms with Crippen LogP contribution in [0.2, 0.25) is 5.02 Å². The molecule has 1 fully saturated rings. The number of halogens is 1. The van der Waals surface area contributed by atoms with Crippen LogP contribution in [-0.2, 0) is 9.59 Å². The lowest BCUT2D eigenvalue weighted by Gasteiger charge is -2.41. The van der Waals surface area contributed by atoms with Crippen molar-refractivity contribution in [3.8, 4) is 11.3 Å². The number of amides is 3. The highest BCUT2D eigenvalue weighted by Crippen LogP contribution is 2.32. The van der Waals surface area contributed by atoms with E-state index in [0.717, 1.165) is 11.1 Å². The van der Waals surface area contributed by atoms with Crippen molar-refractivity contribution in [1.29, 1.82) is 0 Å². The number of nitrogens with one attached hydrogen (secondary N) is 1. The molecule has 2 aromatic rings. The van der Waals surface area contributed by atoms with Crippen LogP contribution < -0.4 is 5.32 Å². The molecule has 3 amide bonds. The van der Waals surface area contributed by atoms with Gasteiger partial charge in [-0.2, -0.15) is 0 Å². The molecule has 7 nitrogen and oxygen atoms in total. The summed E-state index contributed by atoms with van der Waals surface area (Å²) in [6.45, 7) is 6.28.